The molecular weight excluding hydrogens is 545 g/mol. The van der Waals surface area contributed by atoms with Crippen LogP contribution in [0.4, 0.5) is 13.2 Å². The van der Waals surface area contributed by atoms with E-state index in [2.05, 4.69) is 21.0 Å². The maximum atomic E-state index is 13.4. The van der Waals surface area contributed by atoms with Crippen LogP contribution in [-0.4, -0.2) is 45.2 Å². The molecule has 2 fully saturated rings. The monoisotopic (exact) mass is 578 g/mol. The number of imidazole rings is 1. The molecule has 2 unspecified atom stereocenters. The Bertz CT molecular complexity index is 1300. The van der Waals surface area contributed by atoms with E-state index in [1.54, 1.807) is 28.9 Å². The van der Waals surface area contributed by atoms with Gasteiger partial charge >= 0.3 is 6.18 Å². The van der Waals surface area contributed by atoms with Crippen LogP contribution >= 0.6 is 12.4 Å². The Morgan fingerprint density at radius 3 is 2.55 bits per heavy atom. The summed E-state index contributed by atoms with van der Waals surface area (Å²) >= 11 is 0. The Morgan fingerprint density at radius 1 is 1.07 bits per heavy atom. The Hall–Kier alpha value is -3.18. The van der Waals surface area contributed by atoms with E-state index in [4.69, 9.17) is 4.98 Å². The summed E-state index contributed by atoms with van der Waals surface area (Å²) in [6.07, 6.45) is 4.61. The molecule has 1 saturated carbocycles. The molecule has 0 bridgehead atoms. The number of rotatable bonds is 7. The summed E-state index contributed by atoms with van der Waals surface area (Å²) in [5.41, 5.74) is 2.45. The third kappa shape index (κ3) is 6.93. The van der Waals surface area contributed by atoms with Gasteiger partial charge in [-0.25, -0.2) is 9.50 Å². The lowest BCUT2D eigenvalue weighted by Gasteiger charge is -2.32. The SMILES string of the molecule is Cl.O=C(N[C@H](c1cn2ncc(CNC(=O)C3NCCCC3C(F)(F)F)cc2n1)C1CCCCC1)c1ccccc1. The number of nitrogens with zero attached hydrogens (tertiary/aromatic N) is 3. The molecule has 1 aromatic carbocycles. The van der Waals surface area contributed by atoms with Gasteiger partial charge in [0.05, 0.1) is 36.1 Å². The van der Waals surface area contributed by atoms with Crippen molar-refractivity contribution in [2.75, 3.05) is 6.54 Å². The van der Waals surface area contributed by atoms with Crippen molar-refractivity contribution in [1.29, 1.82) is 0 Å². The highest BCUT2D eigenvalue weighted by Gasteiger charge is 2.48. The number of benzene rings is 1. The quantitative estimate of drug-likeness (QED) is 0.376. The first-order valence-electron chi connectivity index (χ1n) is 13.6. The van der Waals surface area contributed by atoms with Crippen molar-refractivity contribution in [2.45, 2.75) is 69.8 Å². The molecule has 0 radical (unpaired) electrons. The predicted molar refractivity (Wildman–Crippen MR) is 146 cm³/mol. The van der Waals surface area contributed by atoms with Gasteiger partial charge in [0.25, 0.3) is 5.91 Å². The van der Waals surface area contributed by atoms with E-state index in [1.165, 1.54) is 6.42 Å². The smallest absolute Gasteiger partial charge is 0.351 e. The van der Waals surface area contributed by atoms with E-state index in [9.17, 15) is 22.8 Å². The molecule has 5 rings (SSSR count). The number of amides is 2. The molecule has 1 aliphatic heterocycles. The number of piperidine rings is 1. The molecule has 3 aromatic rings. The van der Waals surface area contributed by atoms with E-state index in [0.717, 1.165) is 25.7 Å². The normalized spacial score (nSPS) is 20.9. The van der Waals surface area contributed by atoms with Gasteiger partial charge in [0, 0.05) is 12.1 Å². The molecule has 0 spiro atoms. The van der Waals surface area contributed by atoms with Crippen LogP contribution in [0, 0.1) is 11.8 Å². The fraction of sp³-hybridized carbons (Fsp3) is 0.500. The van der Waals surface area contributed by atoms with E-state index in [0.29, 0.717) is 35.4 Å². The van der Waals surface area contributed by atoms with Gasteiger partial charge in [0.15, 0.2) is 5.65 Å². The van der Waals surface area contributed by atoms with Crippen molar-refractivity contribution in [2.24, 2.45) is 11.8 Å². The van der Waals surface area contributed by atoms with Crippen molar-refractivity contribution in [3.05, 3.63) is 65.6 Å². The van der Waals surface area contributed by atoms with Crippen LogP contribution < -0.4 is 16.0 Å². The summed E-state index contributed by atoms with van der Waals surface area (Å²) in [5, 5.41) is 12.9. The highest BCUT2D eigenvalue weighted by atomic mass is 35.5. The summed E-state index contributed by atoms with van der Waals surface area (Å²) in [5.74, 6) is -2.29. The second-order valence-corrected chi connectivity index (χ2v) is 10.5. The largest absolute Gasteiger partial charge is 0.393 e. The van der Waals surface area contributed by atoms with Crippen molar-refractivity contribution in [3.8, 4) is 0 Å². The standard InChI is InChI=1S/C28H33F3N6O2.ClH/c29-28(30,31)21-12-7-13-32-25(21)27(39)33-15-18-14-23-35-22(17-37(23)34-16-18)24(19-8-3-1-4-9-19)36-26(38)20-10-5-2-6-11-20;/h2,5-6,10-11,14,16-17,19,21,24-25,32H,1,3-4,7-9,12-13,15H2,(H,33,39)(H,36,38);1H/t21?,24-,25?;/m0./s1. The van der Waals surface area contributed by atoms with Crippen LogP contribution in [0.3, 0.4) is 0 Å². The van der Waals surface area contributed by atoms with Gasteiger partial charge in [-0.1, -0.05) is 37.5 Å². The molecule has 12 heteroatoms. The van der Waals surface area contributed by atoms with Crippen LogP contribution in [0.25, 0.3) is 5.65 Å². The lowest BCUT2D eigenvalue weighted by Crippen LogP contribution is -2.55. The number of aromatic nitrogens is 3. The van der Waals surface area contributed by atoms with E-state index in [-0.39, 0.29) is 43.2 Å². The summed E-state index contributed by atoms with van der Waals surface area (Å²) in [4.78, 5) is 30.4. The van der Waals surface area contributed by atoms with Crippen LogP contribution in [0.1, 0.15) is 72.6 Å². The topological polar surface area (TPSA) is 100 Å². The molecular formula is C28H34ClF3N6O2. The average molecular weight is 579 g/mol. The summed E-state index contributed by atoms with van der Waals surface area (Å²) in [6, 6.07) is 9.24. The fourth-order valence-electron chi connectivity index (χ4n) is 5.71. The van der Waals surface area contributed by atoms with Gasteiger partial charge in [0.1, 0.15) is 0 Å². The lowest BCUT2D eigenvalue weighted by molar-refractivity contribution is -0.190. The number of carbonyl (C=O) groups excluding carboxylic acids is 2. The molecule has 2 aliphatic rings. The maximum Gasteiger partial charge on any atom is 0.393 e. The molecule has 3 heterocycles. The summed E-state index contributed by atoms with van der Waals surface area (Å²) in [7, 11) is 0. The number of carbonyl (C=O) groups is 2. The van der Waals surface area contributed by atoms with Crippen molar-refractivity contribution in [1.82, 2.24) is 30.5 Å². The second kappa shape index (κ2) is 13.0. The van der Waals surface area contributed by atoms with E-state index >= 15 is 0 Å². The molecule has 1 aliphatic carbocycles. The Balaban J connectivity index is 0.00000370. The number of hydrogen-bond donors (Lipinski definition) is 3. The summed E-state index contributed by atoms with van der Waals surface area (Å²) < 4.78 is 41.8. The first-order chi connectivity index (χ1) is 18.8. The predicted octanol–water partition coefficient (Wildman–Crippen LogP) is 4.75. The van der Waals surface area contributed by atoms with Crippen molar-refractivity contribution in [3.63, 3.8) is 0 Å². The zero-order valence-corrected chi connectivity index (χ0v) is 22.8. The van der Waals surface area contributed by atoms with E-state index in [1.807, 2.05) is 24.4 Å². The first-order valence-corrected chi connectivity index (χ1v) is 13.6. The van der Waals surface area contributed by atoms with Crippen LogP contribution in [0.2, 0.25) is 0 Å². The van der Waals surface area contributed by atoms with Crippen molar-refractivity contribution < 1.29 is 22.8 Å². The van der Waals surface area contributed by atoms with E-state index < -0.39 is 24.0 Å². The zero-order valence-electron chi connectivity index (χ0n) is 22.0. The maximum absolute atomic E-state index is 13.4. The minimum atomic E-state index is -4.44. The molecule has 1 saturated heterocycles. The molecule has 216 valence electrons. The van der Waals surface area contributed by atoms with Gasteiger partial charge in [-0.3, -0.25) is 9.59 Å². The van der Waals surface area contributed by atoms with Gasteiger partial charge in [0.2, 0.25) is 5.91 Å². The Labute approximate surface area is 236 Å². The first kappa shape index (κ1) is 29.8. The number of hydrogen-bond acceptors (Lipinski definition) is 5. The van der Waals surface area contributed by atoms with Gasteiger partial charge < -0.3 is 16.0 Å². The number of alkyl halides is 3. The number of fused-ring (bicyclic) bond motifs is 1. The Kier molecular flexibility index (Phi) is 9.68. The van der Waals surface area contributed by atoms with Gasteiger partial charge in [-0.2, -0.15) is 18.3 Å². The average Bonchev–Trinajstić information content (AvgIpc) is 3.38. The molecule has 2 aromatic heterocycles. The van der Waals surface area contributed by atoms with Gasteiger partial charge in [-0.05, 0) is 61.9 Å². The second-order valence-electron chi connectivity index (χ2n) is 10.5. The van der Waals surface area contributed by atoms with Crippen LogP contribution in [0.5, 0.6) is 0 Å². The minimum absolute atomic E-state index is 0. The minimum Gasteiger partial charge on any atom is -0.351 e. The van der Waals surface area contributed by atoms with Crippen LogP contribution in [-0.2, 0) is 11.3 Å². The summed E-state index contributed by atoms with van der Waals surface area (Å²) in [6.45, 7) is 0.405. The van der Waals surface area contributed by atoms with Crippen molar-refractivity contribution >= 4 is 29.9 Å². The zero-order chi connectivity index (χ0) is 27.4. The third-order valence-electron chi connectivity index (χ3n) is 7.79. The van der Waals surface area contributed by atoms with Crippen LogP contribution in [0.15, 0.2) is 48.8 Å². The number of halogens is 4. The van der Waals surface area contributed by atoms with Gasteiger partial charge in [-0.15, -0.1) is 12.4 Å². The Morgan fingerprint density at radius 2 is 1.82 bits per heavy atom. The number of nitrogens with one attached hydrogen (secondary N) is 3. The highest BCUT2D eigenvalue weighted by molar-refractivity contribution is 5.94. The molecule has 3 N–H and O–H groups in total. The fourth-order valence-corrected chi connectivity index (χ4v) is 5.71. The highest BCUT2D eigenvalue weighted by Crippen LogP contribution is 2.35. The molecule has 8 nitrogen and oxygen atoms in total. The molecule has 3 atom stereocenters. The third-order valence-corrected chi connectivity index (χ3v) is 7.79. The lowest BCUT2D eigenvalue weighted by atomic mass is 9.82. The molecule has 40 heavy (non-hydrogen) atoms. The molecule has 2 amide bonds.